The van der Waals surface area contributed by atoms with Gasteiger partial charge in [-0.25, -0.2) is 14.8 Å². The molecule has 0 unspecified atom stereocenters. The highest BCUT2D eigenvalue weighted by Crippen LogP contribution is 2.16. The molecule has 1 fully saturated rings. The molecule has 0 N–H and O–H groups in total. The molecule has 1 aliphatic rings. The lowest BCUT2D eigenvalue weighted by atomic mass is 10.2. The molecule has 1 aromatic carbocycles. The van der Waals surface area contributed by atoms with Crippen molar-refractivity contribution in [2.75, 3.05) is 37.7 Å². The molecular weight excluding hydrogens is 408 g/mol. The van der Waals surface area contributed by atoms with Crippen molar-refractivity contribution in [3.8, 4) is 0 Å². The molecule has 1 amide bonds. The van der Waals surface area contributed by atoms with Crippen LogP contribution in [0.3, 0.4) is 0 Å². The molecular formula is C23H26N6O3. The first kappa shape index (κ1) is 21.5. The quantitative estimate of drug-likeness (QED) is 0.547. The van der Waals surface area contributed by atoms with Crippen LogP contribution in [-0.2, 0) is 16.1 Å². The van der Waals surface area contributed by atoms with Crippen molar-refractivity contribution >= 4 is 17.8 Å². The number of amides is 1. The van der Waals surface area contributed by atoms with Crippen LogP contribution in [0.25, 0.3) is 0 Å². The smallest absolute Gasteiger partial charge is 0.342 e. The Balaban J connectivity index is 1.31. The van der Waals surface area contributed by atoms with E-state index in [1.165, 1.54) is 0 Å². The lowest BCUT2D eigenvalue weighted by Gasteiger charge is -2.34. The molecule has 9 nitrogen and oxygen atoms in total. The van der Waals surface area contributed by atoms with Gasteiger partial charge in [-0.1, -0.05) is 30.3 Å². The second-order valence-electron chi connectivity index (χ2n) is 7.68. The summed E-state index contributed by atoms with van der Waals surface area (Å²) in [5.41, 5.74) is 2.82. The predicted octanol–water partition coefficient (Wildman–Crippen LogP) is 1.84. The van der Waals surface area contributed by atoms with Crippen LogP contribution in [0.1, 0.15) is 27.3 Å². The number of esters is 1. The molecule has 1 saturated heterocycles. The van der Waals surface area contributed by atoms with Gasteiger partial charge in [0.05, 0.1) is 17.9 Å². The normalized spacial score (nSPS) is 13.8. The number of rotatable bonds is 6. The Kier molecular flexibility index (Phi) is 6.44. The second-order valence-corrected chi connectivity index (χ2v) is 7.68. The number of ether oxygens (including phenoxy) is 1. The number of carbonyl (C=O) groups excluding carboxylic acids is 2. The summed E-state index contributed by atoms with van der Waals surface area (Å²) in [6.45, 7) is 6.22. The van der Waals surface area contributed by atoms with Crippen LogP contribution in [0.2, 0.25) is 0 Å². The lowest BCUT2D eigenvalue weighted by molar-refractivity contribution is -0.134. The van der Waals surface area contributed by atoms with Gasteiger partial charge in [-0.05, 0) is 25.5 Å². The number of hydrogen-bond acceptors (Lipinski definition) is 7. The standard InChI is InChI=1S/C23H26N6O3/c1-17-21(18(2)29(26-17)15-19-7-4-3-5-8-19)22(31)32-16-20(30)27-11-13-28(14-12-27)23-24-9-6-10-25-23/h3-10H,11-16H2,1-2H3. The van der Waals surface area contributed by atoms with Crippen LogP contribution in [-0.4, -0.2) is 69.3 Å². The molecule has 0 radical (unpaired) electrons. The Bertz CT molecular complexity index is 1080. The van der Waals surface area contributed by atoms with E-state index in [2.05, 4.69) is 15.1 Å². The number of nitrogens with zero attached hydrogens (tertiary/aromatic N) is 6. The molecule has 9 heteroatoms. The molecule has 0 saturated carbocycles. The Morgan fingerprint density at radius 2 is 1.66 bits per heavy atom. The average molecular weight is 435 g/mol. The Hall–Kier alpha value is -3.75. The molecule has 2 aromatic heterocycles. The molecule has 0 aliphatic carbocycles. The minimum atomic E-state index is -0.524. The summed E-state index contributed by atoms with van der Waals surface area (Å²) in [5, 5.41) is 4.48. The molecule has 0 atom stereocenters. The van der Waals surface area contributed by atoms with Gasteiger partial charge >= 0.3 is 5.97 Å². The minimum absolute atomic E-state index is 0.209. The largest absolute Gasteiger partial charge is 0.452 e. The van der Waals surface area contributed by atoms with E-state index in [0.29, 0.717) is 49.9 Å². The van der Waals surface area contributed by atoms with E-state index in [4.69, 9.17) is 4.74 Å². The average Bonchev–Trinajstić information content (AvgIpc) is 3.11. The summed E-state index contributed by atoms with van der Waals surface area (Å²) in [6, 6.07) is 11.7. The van der Waals surface area contributed by atoms with Crippen molar-refractivity contribution in [1.82, 2.24) is 24.6 Å². The van der Waals surface area contributed by atoms with Crippen molar-refractivity contribution in [3.05, 3.63) is 71.3 Å². The zero-order valence-electron chi connectivity index (χ0n) is 18.3. The van der Waals surface area contributed by atoms with E-state index in [-0.39, 0.29) is 12.5 Å². The number of anilines is 1. The third-order valence-electron chi connectivity index (χ3n) is 5.55. The molecule has 32 heavy (non-hydrogen) atoms. The number of hydrogen-bond donors (Lipinski definition) is 0. The van der Waals surface area contributed by atoms with Gasteiger partial charge in [0.15, 0.2) is 6.61 Å². The van der Waals surface area contributed by atoms with Gasteiger partial charge in [0, 0.05) is 38.6 Å². The summed E-state index contributed by atoms with van der Waals surface area (Å²) in [4.78, 5) is 37.5. The van der Waals surface area contributed by atoms with Crippen molar-refractivity contribution in [3.63, 3.8) is 0 Å². The molecule has 1 aliphatic heterocycles. The maximum absolute atomic E-state index is 12.7. The van der Waals surface area contributed by atoms with E-state index in [9.17, 15) is 9.59 Å². The van der Waals surface area contributed by atoms with Crippen molar-refractivity contribution < 1.29 is 14.3 Å². The van der Waals surface area contributed by atoms with E-state index in [1.54, 1.807) is 35.0 Å². The first-order chi connectivity index (χ1) is 15.5. The van der Waals surface area contributed by atoms with Gasteiger partial charge in [0.25, 0.3) is 5.91 Å². The van der Waals surface area contributed by atoms with Gasteiger partial charge in [-0.3, -0.25) is 9.48 Å². The summed E-state index contributed by atoms with van der Waals surface area (Å²) < 4.78 is 7.14. The van der Waals surface area contributed by atoms with Gasteiger partial charge in [0.2, 0.25) is 5.95 Å². The molecule has 0 bridgehead atoms. The fraction of sp³-hybridized carbons (Fsp3) is 0.348. The zero-order chi connectivity index (χ0) is 22.5. The number of carbonyl (C=O) groups is 2. The summed E-state index contributed by atoms with van der Waals surface area (Å²) in [5.74, 6) is -0.0764. The summed E-state index contributed by atoms with van der Waals surface area (Å²) >= 11 is 0. The highest BCUT2D eigenvalue weighted by Gasteiger charge is 2.25. The second kappa shape index (κ2) is 9.59. The fourth-order valence-corrected chi connectivity index (χ4v) is 3.80. The molecule has 3 heterocycles. The molecule has 3 aromatic rings. The van der Waals surface area contributed by atoms with Gasteiger partial charge in [0.1, 0.15) is 5.56 Å². The van der Waals surface area contributed by atoms with Gasteiger partial charge in [-0.2, -0.15) is 5.10 Å². The molecule has 4 rings (SSSR count). The summed E-state index contributed by atoms with van der Waals surface area (Å²) in [6.07, 6.45) is 3.40. The predicted molar refractivity (Wildman–Crippen MR) is 118 cm³/mol. The molecule has 166 valence electrons. The van der Waals surface area contributed by atoms with E-state index in [0.717, 1.165) is 11.3 Å². The maximum atomic E-state index is 12.7. The SMILES string of the molecule is Cc1nn(Cc2ccccc2)c(C)c1C(=O)OCC(=O)N1CCN(c2ncccn2)CC1. The lowest BCUT2D eigenvalue weighted by Crippen LogP contribution is -2.50. The van der Waals surface area contributed by atoms with Crippen molar-refractivity contribution in [1.29, 1.82) is 0 Å². The number of aryl methyl sites for hydroxylation is 1. The third kappa shape index (κ3) is 4.77. The van der Waals surface area contributed by atoms with Crippen LogP contribution >= 0.6 is 0 Å². The van der Waals surface area contributed by atoms with Gasteiger partial charge in [-0.15, -0.1) is 0 Å². The van der Waals surface area contributed by atoms with Crippen molar-refractivity contribution in [2.45, 2.75) is 20.4 Å². The Labute approximate surface area is 186 Å². The monoisotopic (exact) mass is 434 g/mol. The van der Waals surface area contributed by atoms with E-state index >= 15 is 0 Å². The van der Waals surface area contributed by atoms with Crippen molar-refractivity contribution in [2.24, 2.45) is 0 Å². The Morgan fingerprint density at radius 3 is 2.34 bits per heavy atom. The van der Waals surface area contributed by atoms with Crippen LogP contribution in [0.15, 0.2) is 48.8 Å². The highest BCUT2D eigenvalue weighted by molar-refractivity contribution is 5.93. The third-order valence-corrected chi connectivity index (χ3v) is 5.55. The maximum Gasteiger partial charge on any atom is 0.342 e. The highest BCUT2D eigenvalue weighted by atomic mass is 16.5. The van der Waals surface area contributed by atoms with Crippen LogP contribution in [0.4, 0.5) is 5.95 Å². The van der Waals surface area contributed by atoms with Crippen LogP contribution in [0.5, 0.6) is 0 Å². The van der Waals surface area contributed by atoms with Crippen LogP contribution in [0, 0.1) is 13.8 Å². The first-order valence-electron chi connectivity index (χ1n) is 10.6. The van der Waals surface area contributed by atoms with Gasteiger partial charge < -0.3 is 14.5 Å². The van der Waals surface area contributed by atoms with E-state index < -0.39 is 5.97 Å². The number of aromatic nitrogens is 4. The minimum Gasteiger partial charge on any atom is -0.452 e. The number of piperazine rings is 1. The first-order valence-corrected chi connectivity index (χ1v) is 10.6. The summed E-state index contributed by atoms with van der Waals surface area (Å²) in [7, 11) is 0. The topological polar surface area (TPSA) is 93.5 Å². The number of benzene rings is 1. The molecule has 0 spiro atoms. The fourth-order valence-electron chi connectivity index (χ4n) is 3.80. The Morgan fingerprint density at radius 1 is 0.969 bits per heavy atom. The zero-order valence-corrected chi connectivity index (χ0v) is 18.3. The van der Waals surface area contributed by atoms with Crippen LogP contribution < -0.4 is 4.90 Å². The van der Waals surface area contributed by atoms with E-state index in [1.807, 2.05) is 42.2 Å².